The van der Waals surface area contributed by atoms with Gasteiger partial charge >= 0.3 is 6.18 Å². The van der Waals surface area contributed by atoms with Crippen LogP contribution >= 0.6 is 12.2 Å². The Kier molecular flexibility index (Phi) is 3.33. The van der Waals surface area contributed by atoms with Crippen molar-refractivity contribution in [3.8, 4) is 0 Å². The summed E-state index contributed by atoms with van der Waals surface area (Å²) >= 11 is 4.86. The van der Waals surface area contributed by atoms with Crippen molar-refractivity contribution in [2.45, 2.75) is 25.2 Å². The Morgan fingerprint density at radius 2 is 2.05 bits per heavy atom. The van der Waals surface area contributed by atoms with Gasteiger partial charge in [0.15, 0.2) is 4.77 Å². The summed E-state index contributed by atoms with van der Waals surface area (Å²) in [7, 11) is 0. The number of aromatic nitrogens is 2. The van der Waals surface area contributed by atoms with Gasteiger partial charge in [-0.15, -0.1) is 0 Å². The highest BCUT2D eigenvalue weighted by Crippen LogP contribution is 2.44. The minimum atomic E-state index is -5.35. The average Bonchev–Trinajstić information content (AvgIpc) is 2.58. The summed E-state index contributed by atoms with van der Waals surface area (Å²) in [6.45, 7) is 5.15. The lowest BCUT2D eigenvalue weighted by Gasteiger charge is -2.22. The summed E-state index contributed by atoms with van der Waals surface area (Å²) in [4.78, 5) is 25.4. The second-order valence-corrected chi connectivity index (χ2v) is 5.08. The van der Waals surface area contributed by atoms with Gasteiger partial charge in [0.1, 0.15) is 11.4 Å². The highest BCUT2D eigenvalue weighted by atomic mass is 32.1. The maximum absolute atomic E-state index is 13.0. The SMILES string of the molecule is C=C(C)Cn1c2c(c(=O)[nH]c1=S)C(O)(C(F)(F)F)C(=O)N2. The Hall–Kier alpha value is -1.94. The van der Waals surface area contributed by atoms with Crippen LogP contribution in [0.25, 0.3) is 0 Å². The standard InChI is InChI=1S/C11H10F3N3O3S/c1-4(2)3-17-6-5(7(18)16-9(17)21)10(20,8(19)15-6)11(12,13)14/h20H,1,3H2,2H3,(H,15,19)(H,16,18,21). The zero-order valence-electron chi connectivity index (χ0n) is 10.7. The van der Waals surface area contributed by atoms with Gasteiger partial charge < -0.3 is 15.0 Å². The molecule has 0 spiro atoms. The van der Waals surface area contributed by atoms with E-state index in [1.165, 1.54) is 0 Å². The molecule has 0 saturated heterocycles. The van der Waals surface area contributed by atoms with E-state index in [0.717, 1.165) is 4.57 Å². The zero-order valence-corrected chi connectivity index (χ0v) is 11.5. The number of carbonyl (C=O) groups is 1. The number of fused-ring (bicyclic) bond motifs is 1. The fourth-order valence-electron chi connectivity index (χ4n) is 2.04. The Balaban J connectivity index is 2.85. The van der Waals surface area contributed by atoms with Crippen molar-refractivity contribution in [1.29, 1.82) is 0 Å². The first kappa shape index (κ1) is 15.4. The minimum Gasteiger partial charge on any atom is -0.368 e. The molecule has 1 atom stereocenters. The lowest BCUT2D eigenvalue weighted by molar-refractivity contribution is -0.252. The monoisotopic (exact) mass is 321 g/mol. The number of nitrogens with one attached hydrogen (secondary N) is 2. The number of amides is 1. The van der Waals surface area contributed by atoms with Crippen LogP contribution in [-0.4, -0.2) is 26.7 Å². The van der Waals surface area contributed by atoms with Crippen LogP contribution < -0.4 is 10.9 Å². The van der Waals surface area contributed by atoms with Crippen LogP contribution in [0.2, 0.25) is 0 Å². The molecular formula is C11H10F3N3O3S. The normalized spacial score (nSPS) is 21.1. The van der Waals surface area contributed by atoms with Gasteiger partial charge in [-0.3, -0.25) is 14.6 Å². The summed E-state index contributed by atoms with van der Waals surface area (Å²) in [5, 5.41) is 11.6. The maximum Gasteiger partial charge on any atom is 0.431 e. The van der Waals surface area contributed by atoms with Crippen LogP contribution in [0.4, 0.5) is 19.0 Å². The number of nitrogens with zero attached hydrogens (tertiary/aromatic N) is 1. The van der Waals surface area contributed by atoms with Crippen molar-refractivity contribution in [3.05, 3.63) is 32.8 Å². The van der Waals surface area contributed by atoms with E-state index in [4.69, 9.17) is 12.2 Å². The molecule has 0 aromatic carbocycles. The van der Waals surface area contributed by atoms with E-state index >= 15 is 0 Å². The molecule has 0 saturated carbocycles. The van der Waals surface area contributed by atoms with E-state index in [1.807, 2.05) is 10.3 Å². The van der Waals surface area contributed by atoms with Gasteiger partial charge in [-0.2, -0.15) is 13.2 Å². The van der Waals surface area contributed by atoms with E-state index in [-0.39, 0.29) is 11.3 Å². The number of halogens is 3. The van der Waals surface area contributed by atoms with Crippen LogP contribution in [0.3, 0.4) is 0 Å². The number of carbonyl (C=O) groups excluding carboxylic acids is 1. The van der Waals surface area contributed by atoms with Crippen molar-refractivity contribution < 1.29 is 23.1 Å². The number of hydrogen-bond acceptors (Lipinski definition) is 4. The molecule has 6 nitrogen and oxygen atoms in total. The van der Waals surface area contributed by atoms with Gasteiger partial charge in [0, 0.05) is 6.54 Å². The molecule has 3 N–H and O–H groups in total. The molecule has 0 radical (unpaired) electrons. The van der Waals surface area contributed by atoms with Crippen molar-refractivity contribution in [2.75, 3.05) is 5.32 Å². The first-order valence-electron chi connectivity index (χ1n) is 5.62. The van der Waals surface area contributed by atoms with Crippen molar-refractivity contribution in [3.63, 3.8) is 0 Å². The quantitative estimate of drug-likeness (QED) is 0.564. The number of hydrogen-bond donors (Lipinski definition) is 3. The molecule has 2 rings (SSSR count). The molecule has 114 valence electrons. The number of aliphatic hydroxyl groups is 1. The number of aromatic amines is 1. The number of rotatable bonds is 2. The van der Waals surface area contributed by atoms with Crippen LogP contribution in [0.1, 0.15) is 12.5 Å². The molecule has 1 aliphatic heterocycles. The van der Waals surface area contributed by atoms with Crippen LogP contribution in [0.5, 0.6) is 0 Å². The topological polar surface area (TPSA) is 87.1 Å². The maximum atomic E-state index is 13.0. The van der Waals surface area contributed by atoms with Crippen molar-refractivity contribution in [1.82, 2.24) is 9.55 Å². The molecule has 0 fully saturated rings. The highest BCUT2D eigenvalue weighted by Gasteiger charge is 2.66. The van der Waals surface area contributed by atoms with Gasteiger partial charge in [0.2, 0.25) is 0 Å². The van der Waals surface area contributed by atoms with Gasteiger partial charge in [-0.1, -0.05) is 12.2 Å². The molecule has 0 aliphatic carbocycles. The summed E-state index contributed by atoms with van der Waals surface area (Å²) in [6.07, 6.45) is -5.35. The predicted molar refractivity (Wildman–Crippen MR) is 69.3 cm³/mol. The van der Waals surface area contributed by atoms with E-state index in [2.05, 4.69) is 6.58 Å². The minimum absolute atomic E-state index is 0.0217. The van der Waals surface area contributed by atoms with E-state index < -0.39 is 34.6 Å². The highest BCUT2D eigenvalue weighted by molar-refractivity contribution is 7.71. The lowest BCUT2D eigenvalue weighted by Crippen LogP contribution is -2.50. The fraction of sp³-hybridized carbons (Fsp3) is 0.364. The van der Waals surface area contributed by atoms with Crippen LogP contribution in [-0.2, 0) is 16.9 Å². The van der Waals surface area contributed by atoms with Gasteiger partial charge in [0.25, 0.3) is 17.1 Å². The molecule has 21 heavy (non-hydrogen) atoms. The second kappa shape index (κ2) is 4.53. The summed E-state index contributed by atoms with van der Waals surface area (Å²) in [6, 6.07) is 0. The smallest absolute Gasteiger partial charge is 0.368 e. The third kappa shape index (κ3) is 2.10. The van der Waals surface area contributed by atoms with E-state index in [1.54, 1.807) is 6.92 Å². The largest absolute Gasteiger partial charge is 0.431 e. The van der Waals surface area contributed by atoms with Gasteiger partial charge in [-0.25, -0.2) is 0 Å². The van der Waals surface area contributed by atoms with Crippen LogP contribution in [0.15, 0.2) is 16.9 Å². The summed E-state index contributed by atoms with van der Waals surface area (Å²) < 4.78 is 40.0. The Bertz CT molecular complexity index is 765. The Morgan fingerprint density at radius 3 is 2.52 bits per heavy atom. The number of H-pyrrole nitrogens is 1. The van der Waals surface area contributed by atoms with Gasteiger partial charge in [-0.05, 0) is 19.1 Å². The Morgan fingerprint density at radius 1 is 1.48 bits per heavy atom. The molecule has 2 heterocycles. The summed E-state index contributed by atoms with van der Waals surface area (Å²) in [5.74, 6) is -2.22. The number of anilines is 1. The molecule has 10 heteroatoms. The zero-order chi connectivity index (χ0) is 16.2. The third-order valence-corrected chi connectivity index (χ3v) is 3.28. The van der Waals surface area contributed by atoms with E-state index in [9.17, 15) is 27.9 Å². The molecule has 1 amide bonds. The molecule has 1 unspecified atom stereocenters. The second-order valence-electron chi connectivity index (χ2n) is 4.69. The first-order chi connectivity index (χ1) is 9.50. The molecule has 1 aromatic heterocycles. The first-order valence-corrected chi connectivity index (χ1v) is 6.03. The molecular weight excluding hydrogens is 311 g/mol. The van der Waals surface area contributed by atoms with Crippen molar-refractivity contribution in [2.24, 2.45) is 0 Å². The number of allylic oxidation sites excluding steroid dienone is 1. The van der Waals surface area contributed by atoms with Crippen molar-refractivity contribution >= 4 is 23.9 Å². The molecule has 1 aromatic rings. The van der Waals surface area contributed by atoms with E-state index in [0.29, 0.717) is 5.57 Å². The molecule has 1 aliphatic rings. The fourth-order valence-corrected chi connectivity index (χ4v) is 2.29. The summed E-state index contributed by atoms with van der Waals surface area (Å²) in [5.41, 5.74) is -5.77. The van der Waals surface area contributed by atoms with Crippen LogP contribution in [0, 0.1) is 4.77 Å². The predicted octanol–water partition coefficient (Wildman–Crippen LogP) is 1.18. The average molecular weight is 321 g/mol. The number of alkyl halides is 3. The third-order valence-electron chi connectivity index (χ3n) is 2.96. The van der Waals surface area contributed by atoms with Gasteiger partial charge in [0.05, 0.1) is 0 Å². The Labute approximate surface area is 120 Å². The molecule has 0 bridgehead atoms. The lowest BCUT2D eigenvalue weighted by atomic mass is 9.97.